The maximum absolute atomic E-state index is 12.2. The van der Waals surface area contributed by atoms with E-state index in [1.165, 1.54) is 11.1 Å². The zero-order valence-corrected chi connectivity index (χ0v) is 15.3. The van der Waals surface area contributed by atoms with Crippen LogP contribution in [-0.2, 0) is 27.2 Å². The molecule has 0 spiro atoms. The average Bonchev–Trinajstić information content (AvgIpc) is 3.05. The Hall–Kier alpha value is -2.17. The number of Topliss-reactive ketones (excluding diaryl/α,β-unsaturated/α-hetero) is 1. The smallest absolute Gasteiger partial charge is 0.306 e. The van der Waals surface area contributed by atoms with E-state index >= 15 is 0 Å². The standard InChI is InChI=1S/C20H27NO4/c1-13(2)14(3)21-19(23)12-25-20(24)10-9-18(22)17-8-7-15-5-4-6-16(15)11-17/h7-8,11,13-14H,4-6,9-10,12H2,1-3H3,(H,21,23)/t14-/m0/s1. The Balaban J connectivity index is 1.72. The molecule has 1 aliphatic carbocycles. The van der Waals surface area contributed by atoms with Crippen molar-refractivity contribution in [3.05, 3.63) is 34.9 Å². The normalized spacial score (nSPS) is 14.1. The second-order valence-corrected chi connectivity index (χ2v) is 7.02. The van der Waals surface area contributed by atoms with Crippen molar-refractivity contribution in [2.24, 2.45) is 5.92 Å². The first kappa shape index (κ1) is 19.2. The summed E-state index contributed by atoms with van der Waals surface area (Å²) in [6, 6.07) is 5.80. The van der Waals surface area contributed by atoms with Crippen molar-refractivity contribution in [1.82, 2.24) is 5.32 Å². The lowest BCUT2D eigenvalue weighted by atomic mass is 10.0. The predicted molar refractivity (Wildman–Crippen MR) is 95.4 cm³/mol. The van der Waals surface area contributed by atoms with Crippen LogP contribution in [0.5, 0.6) is 0 Å². The molecule has 136 valence electrons. The molecule has 1 amide bonds. The quantitative estimate of drug-likeness (QED) is 0.581. The van der Waals surface area contributed by atoms with Crippen LogP contribution in [0.1, 0.15) is 61.5 Å². The molecular weight excluding hydrogens is 318 g/mol. The molecule has 0 aromatic heterocycles. The number of rotatable bonds is 8. The maximum atomic E-state index is 12.2. The molecular formula is C20H27NO4. The third kappa shape index (κ3) is 5.69. The highest BCUT2D eigenvalue weighted by molar-refractivity contribution is 5.97. The second kappa shape index (κ2) is 8.79. The summed E-state index contributed by atoms with van der Waals surface area (Å²) in [6.07, 6.45) is 3.32. The lowest BCUT2D eigenvalue weighted by Gasteiger charge is -2.17. The van der Waals surface area contributed by atoms with E-state index in [0.29, 0.717) is 11.5 Å². The Morgan fingerprint density at radius 3 is 2.52 bits per heavy atom. The van der Waals surface area contributed by atoms with Crippen molar-refractivity contribution in [3.63, 3.8) is 0 Å². The van der Waals surface area contributed by atoms with Crippen molar-refractivity contribution in [1.29, 1.82) is 0 Å². The minimum absolute atomic E-state index is 0.0110. The largest absolute Gasteiger partial charge is 0.456 e. The summed E-state index contributed by atoms with van der Waals surface area (Å²) in [5.41, 5.74) is 3.21. The molecule has 1 aliphatic rings. The van der Waals surface area contributed by atoms with Gasteiger partial charge < -0.3 is 10.1 Å². The van der Waals surface area contributed by atoms with Crippen molar-refractivity contribution in [2.45, 2.75) is 58.9 Å². The average molecular weight is 345 g/mol. The highest BCUT2D eigenvalue weighted by atomic mass is 16.5. The molecule has 25 heavy (non-hydrogen) atoms. The Morgan fingerprint density at radius 2 is 1.80 bits per heavy atom. The number of hydrogen-bond donors (Lipinski definition) is 1. The van der Waals surface area contributed by atoms with Gasteiger partial charge in [-0.15, -0.1) is 0 Å². The van der Waals surface area contributed by atoms with E-state index in [1.54, 1.807) is 0 Å². The number of ether oxygens (including phenoxy) is 1. The number of esters is 1. The number of carbonyl (C=O) groups is 3. The van der Waals surface area contributed by atoms with Gasteiger partial charge in [-0.1, -0.05) is 26.0 Å². The molecule has 0 saturated carbocycles. The summed E-state index contributed by atoms with van der Waals surface area (Å²) in [5.74, 6) is -0.601. The zero-order chi connectivity index (χ0) is 18.4. The lowest BCUT2D eigenvalue weighted by Crippen LogP contribution is -2.38. The minimum Gasteiger partial charge on any atom is -0.456 e. The van der Waals surface area contributed by atoms with Crippen LogP contribution in [0.3, 0.4) is 0 Å². The van der Waals surface area contributed by atoms with E-state index in [4.69, 9.17) is 4.74 Å². The lowest BCUT2D eigenvalue weighted by molar-refractivity contribution is -0.148. The molecule has 0 bridgehead atoms. The minimum atomic E-state index is -0.526. The van der Waals surface area contributed by atoms with Crippen LogP contribution in [0, 0.1) is 5.92 Å². The molecule has 0 radical (unpaired) electrons. The zero-order valence-electron chi connectivity index (χ0n) is 15.3. The number of benzene rings is 1. The highest BCUT2D eigenvalue weighted by Gasteiger charge is 2.16. The highest BCUT2D eigenvalue weighted by Crippen LogP contribution is 2.23. The van der Waals surface area contributed by atoms with Crippen LogP contribution in [0.15, 0.2) is 18.2 Å². The number of fused-ring (bicyclic) bond motifs is 1. The van der Waals surface area contributed by atoms with Crippen molar-refractivity contribution >= 4 is 17.7 Å². The summed E-state index contributed by atoms with van der Waals surface area (Å²) >= 11 is 0. The molecule has 1 aromatic rings. The summed E-state index contributed by atoms with van der Waals surface area (Å²) < 4.78 is 4.94. The second-order valence-electron chi connectivity index (χ2n) is 7.02. The summed E-state index contributed by atoms with van der Waals surface area (Å²) in [7, 11) is 0. The first-order valence-corrected chi connectivity index (χ1v) is 8.97. The van der Waals surface area contributed by atoms with Gasteiger partial charge in [-0.05, 0) is 49.3 Å². The third-order valence-electron chi connectivity index (χ3n) is 4.73. The predicted octanol–water partition coefficient (Wildman–Crippen LogP) is 2.84. The van der Waals surface area contributed by atoms with Crippen molar-refractivity contribution in [3.8, 4) is 0 Å². The molecule has 0 fully saturated rings. The van der Waals surface area contributed by atoms with E-state index in [1.807, 2.05) is 39.0 Å². The Morgan fingerprint density at radius 1 is 1.08 bits per heavy atom. The molecule has 0 heterocycles. The number of aryl methyl sites for hydroxylation is 2. The van der Waals surface area contributed by atoms with Crippen LogP contribution in [-0.4, -0.2) is 30.3 Å². The topological polar surface area (TPSA) is 72.5 Å². The molecule has 0 unspecified atom stereocenters. The van der Waals surface area contributed by atoms with Gasteiger partial charge in [0.05, 0.1) is 6.42 Å². The summed E-state index contributed by atoms with van der Waals surface area (Å²) in [4.78, 5) is 35.6. The number of ketones is 1. The number of hydrogen-bond acceptors (Lipinski definition) is 4. The summed E-state index contributed by atoms with van der Waals surface area (Å²) in [5, 5.41) is 2.77. The van der Waals surface area contributed by atoms with Crippen LogP contribution >= 0.6 is 0 Å². The van der Waals surface area contributed by atoms with E-state index in [2.05, 4.69) is 5.32 Å². The fourth-order valence-corrected chi connectivity index (χ4v) is 2.79. The molecule has 0 aliphatic heterocycles. The van der Waals surface area contributed by atoms with Gasteiger partial charge in [-0.2, -0.15) is 0 Å². The van der Waals surface area contributed by atoms with Gasteiger partial charge in [0.25, 0.3) is 5.91 Å². The molecule has 1 aromatic carbocycles. The summed E-state index contributed by atoms with van der Waals surface area (Å²) in [6.45, 7) is 5.60. The van der Waals surface area contributed by atoms with E-state index in [0.717, 1.165) is 19.3 Å². The molecule has 0 saturated heterocycles. The van der Waals surface area contributed by atoms with Crippen molar-refractivity contribution < 1.29 is 19.1 Å². The molecule has 1 atom stereocenters. The Kier molecular flexibility index (Phi) is 6.73. The van der Waals surface area contributed by atoms with Crippen LogP contribution in [0.2, 0.25) is 0 Å². The van der Waals surface area contributed by atoms with Gasteiger partial charge in [0.1, 0.15) is 0 Å². The number of carbonyl (C=O) groups excluding carboxylic acids is 3. The van der Waals surface area contributed by atoms with Gasteiger partial charge in [0.2, 0.25) is 0 Å². The molecule has 5 heteroatoms. The Bertz CT molecular complexity index is 651. The molecule has 1 N–H and O–H groups in total. The van der Waals surface area contributed by atoms with E-state index < -0.39 is 5.97 Å². The van der Waals surface area contributed by atoms with Crippen LogP contribution < -0.4 is 5.32 Å². The number of amides is 1. The van der Waals surface area contributed by atoms with Crippen molar-refractivity contribution in [2.75, 3.05) is 6.61 Å². The first-order valence-electron chi connectivity index (χ1n) is 8.97. The fourth-order valence-electron chi connectivity index (χ4n) is 2.79. The van der Waals surface area contributed by atoms with Gasteiger partial charge in [0, 0.05) is 18.0 Å². The van der Waals surface area contributed by atoms with Gasteiger partial charge in [-0.25, -0.2) is 0 Å². The van der Waals surface area contributed by atoms with E-state index in [-0.39, 0.29) is 37.2 Å². The van der Waals surface area contributed by atoms with Crippen LogP contribution in [0.25, 0.3) is 0 Å². The Labute approximate surface area is 149 Å². The molecule has 2 rings (SSSR count). The SMILES string of the molecule is CC(C)[C@H](C)NC(=O)COC(=O)CCC(=O)c1ccc2c(c1)CCC2. The monoisotopic (exact) mass is 345 g/mol. The van der Waals surface area contributed by atoms with Gasteiger partial charge in [0.15, 0.2) is 12.4 Å². The molecule has 5 nitrogen and oxygen atoms in total. The fraction of sp³-hybridized carbons (Fsp3) is 0.550. The first-order chi connectivity index (χ1) is 11.9. The van der Waals surface area contributed by atoms with E-state index in [9.17, 15) is 14.4 Å². The van der Waals surface area contributed by atoms with Gasteiger partial charge >= 0.3 is 5.97 Å². The van der Waals surface area contributed by atoms with Crippen LogP contribution in [0.4, 0.5) is 0 Å². The number of nitrogens with one attached hydrogen (secondary N) is 1. The van der Waals surface area contributed by atoms with Gasteiger partial charge in [-0.3, -0.25) is 14.4 Å². The third-order valence-corrected chi connectivity index (χ3v) is 4.73. The maximum Gasteiger partial charge on any atom is 0.306 e.